The Bertz CT molecular complexity index is 998. The van der Waals surface area contributed by atoms with Crippen LogP contribution in [0.2, 0.25) is 0 Å². The van der Waals surface area contributed by atoms with Crippen LogP contribution in [0.4, 0.5) is 4.39 Å². The van der Waals surface area contributed by atoms with Crippen LogP contribution in [0.3, 0.4) is 0 Å². The molecule has 1 heterocycles. The number of piperazine rings is 1. The normalized spacial score (nSPS) is 15.3. The van der Waals surface area contributed by atoms with Gasteiger partial charge in [0.15, 0.2) is 5.78 Å². The lowest BCUT2D eigenvalue weighted by Crippen LogP contribution is -2.50. The Kier molecular flexibility index (Phi) is 6.44. The van der Waals surface area contributed by atoms with Gasteiger partial charge in [-0.2, -0.15) is 4.31 Å². The second-order valence-corrected chi connectivity index (χ2v) is 8.91. The van der Waals surface area contributed by atoms with E-state index < -0.39 is 15.8 Å². The fraction of sp³-hybridized carbons (Fsp3) is 0.333. The van der Waals surface area contributed by atoms with Gasteiger partial charge in [0.25, 0.3) is 0 Å². The van der Waals surface area contributed by atoms with E-state index in [0.717, 1.165) is 11.6 Å². The Morgan fingerprint density at radius 1 is 0.931 bits per heavy atom. The standard InChI is InChI=1S/C21H23FN2O4S/c1-16-6-8-17(9-7-16)19(25)10-11-21(26)23-12-14-24(15-13-23)29(27,28)20-5-3-2-4-18(20)22/h2-9H,10-15H2,1H3. The molecule has 1 aliphatic rings. The monoisotopic (exact) mass is 418 g/mol. The summed E-state index contributed by atoms with van der Waals surface area (Å²) in [6.07, 6.45) is 0.183. The molecule has 154 valence electrons. The molecule has 0 aliphatic carbocycles. The highest BCUT2D eigenvalue weighted by Gasteiger charge is 2.31. The molecular weight excluding hydrogens is 395 g/mol. The Morgan fingerprint density at radius 3 is 2.17 bits per heavy atom. The van der Waals surface area contributed by atoms with E-state index in [4.69, 9.17) is 0 Å². The molecule has 1 amide bonds. The minimum absolute atomic E-state index is 0.0762. The molecule has 29 heavy (non-hydrogen) atoms. The molecule has 0 bridgehead atoms. The predicted molar refractivity (Wildman–Crippen MR) is 106 cm³/mol. The highest BCUT2D eigenvalue weighted by Crippen LogP contribution is 2.20. The third kappa shape index (κ3) is 4.89. The van der Waals surface area contributed by atoms with E-state index in [9.17, 15) is 22.4 Å². The lowest BCUT2D eigenvalue weighted by Gasteiger charge is -2.34. The summed E-state index contributed by atoms with van der Waals surface area (Å²) in [5.41, 5.74) is 1.63. The summed E-state index contributed by atoms with van der Waals surface area (Å²) in [5.74, 6) is -1.08. The third-order valence-corrected chi connectivity index (χ3v) is 6.92. The van der Waals surface area contributed by atoms with E-state index in [1.54, 1.807) is 17.0 Å². The van der Waals surface area contributed by atoms with Gasteiger partial charge in [-0.25, -0.2) is 12.8 Å². The number of sulfonamides is 1. The van der Waals surface area contributed by atoms with Gasteiger partial charge >= 0.3 is 0 Å². The van der Waals surface area contributed by atoms with Gasteiger partial charge in [-0.1, -0.05) is 42.0 Å². The van der Waals surface area contributed by atoms with E-state index in [1.807, 2.05) is 19.1 Å². The van der Waals surface area contributed by atoms with Gasteiger partial charge < -0.3 is 4.90 Å². The van der Waals surface area contributed by atoms with Crippen LogP contribution in [-0.2, 0) is 14.8 Å². The Morgan fingerprint density at radius 2 is 1.55 bits per heavy atom. The van der Waals surface area contributed by atoms with Crippen LogP contribution in [0.25, 0.3) is 0 Å². The maximum absolute atomic E-state index is 13.9. The Hall–Kier alpha value is -2.58. The molecule has 0 aromatic heterocycles. The SMILES string of the molecule is Cc1ccc(C(=O)CCC(=O)N2CCN(S(=O)(=O)c3ccccc3F)CC2)cc1. The van der Waals surface area contributed by atoms with Crippen molar-refractivity contribution in [2.75, 3.05) is 26.2 Å². The zero-order valence-corrected chi connectivity index (χ0v) is 17.0. The smallest absolute Gasteiger partial charge is 0.246 e. The zero-order chi connectivity index (χ0) is 21.0. The van der Waals surface area contributed by atoms with E-state index >= 15 is 0 Å². The molecule has 1 fully saturated rings. The van der Waals surface area contributed by atoms with Crippen molar-refractivity contribution in [1.82, 2.24) is 9.21 Å². The number of carbonyl (C=O) groups excluding carboxylic acids is 2. The molecule has 2 aromatic carbocycles. The van der Waals surface area contributed by atoms with E-state index in [2.05, 4.69) is 0 Å². The molecule has 0 N–H and O–H groups in total. The summed E-state index contributed by atoms with van der Waals surface area (Å²) < 4.78 is 40.3. The van der Waals surface area contributed by atoms with Crippen molar-refractivity contribution in [3.05, 3.63) is 65.5 Å². The molecule has 0 saturated carbocycles. The number of ketones is 1. The van der Waals surface area contributed by atoms with E-state index in [-0.39, 0.29) is 55.6 Å². The van der Waals surface area contributed by atoms with Crippen molar-refractivity contribution >= 4 is 21.7 Å². The lowest BCUT2D eigenvalue weighted by molar-refractivity contribution is -0.132. The first-order valence-corrected chi connectivity index (χ1v) is 10.9. The maximum atomic E-state index is 13.9. The number of benzene rings is 2. The van der Waals surface area contributed by atoms with E-state index in [1.165, 1.54) is 22.5 Å². The van der Waals surface area contributed by atoms with E-state index in [0.29, 0.717) is 5.56 Å². The van der Waals surface area contributed by atoms with Crippen LogP contribution < -0.4 is 0 Å². The van der Waals surface area contributed by atoms with Gasteiger partial charge in [-0.15, -0.1) is 0 Å². The van der Waals surface area contributed by atoms with Crippen LogP contribution in [0, 0.1) is 12.7 Å². The van der Waals surface area contributed by atoms with Crippen molar-refractivity contribution in [2.24, 2.45) is 0 Å². The summed E-state index contributed by atoms with van der Waals surface area (Å²) in [7, 11) is -3.94. The van der Waals surface area contributed by atoms with Crippen molar-refractivity contribution in [2.45, 2.75) is 24.7 Å². The number of halogens is 1. The van der Waals surface area contributed by atoms with Gasteiger partial charge in [0, 0.05) is 44.6 Å². The average Bonchev–Trinajstić information content (AvgIpc) is 2.72. The highest BCUT2D eigenvalue weighted by molar-refractivity contribution is 7.89. The van der Waals surface area contributed by atoms with Gasteiger partial charge in [0.1, 0.15) is 10.7 Å². The second kappa shape index (κ2) is 8.84. The fourth-order valence-electron chi connectivity index (χ4n) is 3.23. The quantitative estimate of drug-likeness (QED) is 0.676. The van der Waals surface area contributed by atoms with Gasteiger partial charge in [-0.05, 0) is 19.1 Å². The lowest BCUT2D eigenvalue weighted by atomic mass is 10.0. The predicted octanol–water partition coefficient (Wildman–Crippen LogP) is 2.63. The number of carbonyl (C=O) groups is 2. The number of hydrogen-bond donors (Lipinski definition) is 0. The Labute approximate surface area is 170 Å². The molecule has 2 aromatic rings. The first kappa shape index (κ1) is 21.1. The Balaban J connectivity index is 1.53. The molecule has 0 atom stereocenters. The number of Topliss-reactive ketones (excluding diaryl/α,β-unsaturated/α-hetero) is 1. The number of amides is 1. The summed E-state index contributed by atoms with van der Waals surface area (Å²) in [6.45, 7) is 2.54. The second-order valence-electron chi connectivity index (χ2n) is 7.00. The largest absolute Gasteiger partial charge is 0.340 e. The molecule has 0 spiro atoms. The summed E-state index contributed by atoms with van der Waals surface area (Å²) >= 11 is 0. The first-order chi connectivity index (χ1) is 13.8. The third-order valence-electron chi connectivity index (χ3n) is 4.99. The topological polar surface area (TPSA) is 74.8 Å². The van der Waals surface area contributed by atoms with Gasteiger partial charge in [-0.3, -0.25) is 9.59 Å². The minimum atomic E-state index is -3.94. The number of hydrogen-bond acceptors (Lipinski definition) is 4. The minimum Gasteiger partial charge on any atom is -0.340 e. The molecule has 8 heteroatoms. The number of aryl methyl sites for hydroxylation is 1. The van der Waals surface area contributed by atoms with Crippen molar-refractivity contribution in [3.63, 3.8) is 0 Å². The van der Waals surface area contributed by atoms with Crippen LogP contribution in [0.15, 0.2) is 53.4 Å². The molecule has 0 unspecified atom stereocenters. The average molecular weight is 418 g/mol. The van der Waals surface area contributed by atoms with Gasteiger partial charge in [0.2, 0.25) is 15.9 Å². The zero-order valence-electron chi connectivity index (χ0n) is 16.2. The molecule has 1 saturated heterocycles. The van der Waals surface area contributed by atoms with Crippen LogP contribution >= 0.6 is 0 Å². The number of nitrogens with zero attached hydrogens (tertiary/aromatic N) is 2. The molecule has 0 radical (unpaired) electrons. The molecular formula is C21H23FN2O4S. The summed E-state index contributed by atoms with van der Waals surface area (Å²) in [5, 5.41) is 0. The van der Waals surface area contributed by atoms with Crippen molar-refractivity contribution in [1.29, 1.82) is 0 Å². The van der Waals surface area contributed by atoms with Crippen LogP contribution in [-0.4, -0.2) is 55.5 Å². The number of rotatable bonds is 6. The molecule has 6 nitrogen and oxygen atoms in total. The van der Waals surface area contributed by atoms with Gasteiger partial charge in [0.05, 0.1) is 0 Å². The first-order valence-electron chi connectivity index (χ1n) is 9.41. The summed E-state index contributed by atoms with van der Waals surface area (Å²) in [6, 6.07) is 12.4. The van der Waals surface area contributed by atoms with Crippen molar-refractivity contribution < 1.29 is 22.4 Å². The molecule has 1 aliphatic heterocycles. The van der Waals surface area contributed by atoms with Crippen LogP contribution in [0.1, 0.15) is 28.8 Å². The van der Waals surface area contributed by atoms with Crippen molar-refractivity contribution in [3.8, 4) is 0 Å². The fourth-order valence-corrected chi connectivity index (χ4v) is 4.72. The molecule has 3 rings (SSSR count). The highest BCUT2D eigenvalue weighted by atomic mass is 32.2. The summed E-state index contributed by atoms with van der Waals surface area (Å²) in [4.78, 5) is 25.8. The van der Waals surface area contributed by atoms with Crippen LogP contribution in [0.5, 0.6) is 0 Å². The maximum Gasteiger partial charge on any atom is 0.246 e.